The van der Waals surface area contributed by atoms with Crippen molar-refractivity contribution >= 4 is 23.2 Å². The Morgan fingerprint density at radius 3 is 2.23 bits per heavy atom. The van der Waals surface area contributed by atoms with Gasteiger partial charge in [0.15, 0.2) is 0 Å². The van der Waals surface area contributed by atoms with Crippen LogP contribution < -0.4 is 16.0 Å². The van der Waals surface area contributed by atoms with Crippen molar-refractivity contribution in [2.45, 2.75) is 76.4 Å². The number of carbonyl (C=O) groups excluding carboxylic acids is 2. The summed E-state index contributed by atoms with van der Waals surface area (Å²) < 4.78 is 0. The molecular weight excluding hydrogens is 498 g/mol. The maximum absolute atomic E-state index is 13.3. The van der Waals surface area contributed by atoms with E-state index in [-0.39, 0.29) is 29.8 Å². The van der Waals surface area contributed by atoms with Crippen molar-refractivity contribution in [1.29, 1.82) is 0 Å². The quantitative estimate of drug-likeness (QED) is 0.388. The molecule has 0 atom stereocenters. The lowest BCUT2D eigenvalue weighted by Crippen LogP contribution is -2.44. The monoisotopic (exact) mass is 545 g/mol. The fourth-order valence-corrected chi connectivity index (χ4v) is 5.88. The third kappa shape index (κ3) is 7.43. The van der Waals surface area contributed by atoms with Gasteiger partial charge >= 0.3 is 0 Å². The van der Waals surface area contributed by atoms with Crippen LogP contribution in [0.4, 0.5) is 11.4 Å². The van der Waals surface area contributed by atoms with Gasteiger partial charge < -0.3 is 25.8 Å². The van der Waals surface area contributed by atoms with Crippen molar-refractivity contribution in [1.82, 2.24) is 9.80 Å². The minimum Gasteiger partial charge on any atom is -0.373 e. The zero-order valence-electron chi connectivity index (χ0n) is 24.6. The van der Waals surface area contributed by atoms with Crippen molar-refractivity contribution in [2.75, 3.05) is 44.4 Å². The molecule has 0 aromatic heterocycles. The van der Waals surface area contributed by atoms with E-state index in [9.17, 15) is 9.59 Å². The molecule has 3 fully saturated rings. The molecule has 3 N–H and O–H groups in total. The van der Waals surface area contributed by atoms with Crippen LogP contribution in [0.3, 0.4) is 0 Å². The smallest absolute Gasteiger partial charge is 0.227 e. The number of rotatable bonds is 12. The molecule has 0 heterocycles. The predicted octanol–water partition coefficient (Wildman–Crippen LogP) is 5.10. The summed E-state index contributed by atoms with van der Waals surface area (Å²) in [6, 6.07) is 15.5. The van der Waals surface area contributed by atoms with E-state index in [0.29, 0.717) is 12.5 Å². The number of hydrogen-bond donors (Lipinski definition) is 2. The Bertz CT molecular complexity index is 1180. The molecule has 3 aliphatic rings. The average Bonchev–Trinajstić information content (AvgIpc) is 3.85. The summed E-state index contributed by atoms with van der Waals surface area (Å²) in [7, 11) is 6.29. The Morgan fingerprint density at radius 2 is 1.55 bits per heavy atom. The summed E-state index contributed by atoms with van der Waals surface area (Å²) in [4.78, 5) is 32.7. The standard InChI is InChI=1S/C33H47N5O2/c1-36(2)18-5-19-37(3)31-17-12-27(21-30(31)35-32(39)24-8-9-24)26-7-4-6-23(20-26)22-38(33(40)25-10-11-25)29-15-13-28(34)14-16-29/h4,6-7,12,17,20-21,24-25,28-29H,5,8-11,13-16,18-19,22,34H2,1-3H3,(H,35,39). The minimum absolute atomic E-state index is 0.121. The van der Waals surface area contributed by atoms with Crippen LogP contribution >= 0.6 is 0 Å². The zero-order chi connectivity index (χ0) is 28.2. The molecule has 5 rings (SSSR count). The molecular formula is C33H47N5O2. The molecule has 0 bridgehead atoms. The van der Waals surface area contributed by atoms with Gasteiger partial charge in [-0.05, 0) is 113 Å². The molecule has 0 unspecified atom stereocenters. The Hall–Kier alpha value is -2.90. The van der Waals surface area contributed by atoms with E-state index < -0.39 is 0 Å². The predicted molar refractivity (Wildman–Crippen MR) is 163 cm³/mol. The second kappa shape index (κ2) is 12.7. The molecule has 3 aliphatic carbocycles. The van der Waals surface area contributed by atoms with E-state index in [4.69, 9.17) is 5.73 Å². The van der Waals surface area contributed by atoms with Gasteiger partial charge in [0.05, 0.1) is 11.4 Å². The maximum atomic E-state index is 13.3. The van der Waals surface area contributed by atoms with E-state index in [2.05, 4.69) is 83.6 Å². The number of hydrogen-bond acceptors (Lipinski definition) is 5. The van der Waals surface area contributed by atoms with Gasteiger partial charge in [0.25, 0.3) is 0 Å². The van der Waals surface area contributed by atoms with Crippen molar-refractivity contribution in [3.63, 3.8) is 0 Å². The molecule has 2 amide bonds. The summed E-state index contributed by atoms with van der Waals surface area (Å²) in [6.07, 6.45) is 9.01. The lowest BCUT2D eigenvalue weighted by Gasteiger charge is -2.36. The summed E-state index contributed by atoms with van der Waals surface area (Å²) in [5.74, 6) is 0.787. The van der Waals surface area contributed by atoms with E-state index in [1.54, 1.807) is 0 Å². The molecule has 0 aliphatic heterocycles. The summed E-state index contributed by atoms with van der Waals surface area (Å²) in [5.41, 5.74) is 11.4. The number of nitrogens with two attached hydrogens (primary N) is 1. The highest BCUT2D eigenvalue weighted by molar-refractivity contribution is 5.98. The third-order valence-corrected chi connectivity index (χ3v) is 8.72. The van der Waals surface area contributed by atoms with Crippen molar-refractivity contribution < 1.29 is 9.59 Å². The molecule has 2 aromatic carbocycles. The SMILES string of the molecule is CN(C)CCCN(C)c1ccc(-c2cccc(CN(C(=O)C3CC3)C3CCC(N)CC3)c2)cc1NC(=O)C1CC1. The van der Waals surface area contributed by atoms with Gasteiger partial charge in [-0.15, -0.1) is 0 Å². The molecule has 3 saturated carbocycles. The summed E-state index contributed by atoms with van der Waals surface area (Å²) in [6.45, 7) is 2.57. The van der Waals surface area contributed by atoms with E-state index in [1.165, 1.54) is 0 Å². The van der Waals surface area contributed by atoms with Crippen molar-refractivity contribution in [3.05, 3.63) is 48.0 Å². The molecule has 40 heavy (non-hydrogen) atoms. The van der Waals surface area contributed by atoms with Crippen LogP contribution in [-0.4, -0.2) is 67.9 Å². The maximum Gasteiger partial charge on any atom is 0.227 e. The van der Waals surface area contributed by atoms with Crippen LogP contribution in [0, 0.1) is 11.8 Å². The average molecular weight is 546 g/mol. The lowest BCUT2D eigenvalue weighted by atomic mass is 9.90. The van der Waals surface area contributed by atoms with E-state index in [0.717, 1.165) is 98.9 Å². The number of anilines is 2. The molecule has 7 nitrogen and oxygen atoms in total. The first-order chi connectivity index (χ1) is 19.3. The summed E-state index contributed by atoms with van der Waals surface area (Å²) >= 11 is 0. The van der Waals surface area contributed by atoms with E-state index in [1.807, 2.05) is 0 Å². The van der Waals surface area contributed by atoms with Crippen LogP contribution in [0.1, 0.15) is 63.4 Å². The van der Waals surface area contributed by atoms with Gasteiger partial charge in [-0.2, -0.15) is 0 Å². The molecule has 0 saturated heterocycles. The molecule has 2 aromatic rings. The first kappa shape index (κ1) is 28.6. The largest absolute Gasteiger partial charge is 0.373 e. The van der Waals surface area contributed by atoms with Crippen LogP contribution in [0.15, 0.2) is 42.5 Å². The van der Waals surface area contributed by atoms with Gasteiger partial charge in [-0.1, -0.05) is 24.3 Å². The fourth-order valence-electron chi connectivity index (χ4n) is 5.88. The number of carbonyl (C=O) groups is 2. The number of nitrogens with zero attached hydrogens (tertiary/aromatic N) is 3. The number of benzene rings is 2. The molecule has 0 spiro atoms. The van der Waals surface area contributed by atoms with Gasteiger partial charge in [-0.3, -0.25) is 9.59 Å². The second-order valence-corrected chi connectivity index (χ2v) is 12.6. The Morgan fingerprint density at radius 1 is 0.850 bits per heavy atom. The van der Waals surface area contributed by atoms with Crippen molar-refractivity contribution in [2.24, 2.45) is 17.6 Å². The Balaban J connectivity index is 1.36. The molecule has 7 heteroatoms. The minimum atomic E-state index is 0.121. The lowest BCUT2D eigenvalue weighted by molar-refractivity contribution is -0.136. The highest BCUT2D eigenvalue weighted by Gasteiger charge is 2.37. The Kier molecular flexibility index (Phi) is 9.11. The van der Waals surface area contributed by atoms with Crippen LogP contribution in [0.5, 0.6) is 0 Å². The topological polar surface area (TPSA) is 81.9 Å². The fraction of sp³-hybridized carbons (Fsp3) is 0.576. The Labute approximate surface area is 240 Å². The van der Waals surface area contributed by atoms with E-state index >= 15 is 0 Å². The van der Waals surface area contributed by atoms with Crippen LogP contribution in [0.25, 0.3) is 11.1 Å². The number of nitrogens with one attached hydrogen (secondary N) is 1. The third-order valence-electron chi connectivity index (χ3n) is 8.72. The normalized spacial score (nSPS) is 20.8. The highest BCUT2D eigenvalue weighted by Crippen LogP contribution is 2.37. The van der Waals surface area contributed by atoms with Gasteiger partial charge in [0.1, 0.15) is 0 Å². The van der Waals surface area contributed by atoms with Gasteiger partial charge in [0.2, 0.25) is 11.8 Å². The molecule has 0 radical (unpaired) electrons. The van der Waals surface area contributed by atoms with Crippen LogP contribution in [0.2, 0.25) is 0 Å². The van der Waals surface area contributed by atoms with Crippen molar-refractivity contribution in [3.8, 4) is 11.1 Å². The number of amides is 2. The van der Waals surface area contributed by atoms with Crippen LogP contribution in [-0.2, 0) is 16.1 Å². The first-order valence-corrected chi connectivity index (χ1v) is 15.2. The van der Waals surface area contributed by atoms with Gasteiger partial charge in [-0.25, -0.2) is 0 Å². The second-order valence-electron chi connectivity index (χ2n) is 12.6. The van der Waals surface area contributed by atoms with Gasteiger partial charge in [0, 0.05) is 44.1 Å². The zero-order valence-corrected chi connectivity index (χ0v) is 24.6. The highest BCUT2D eigenvalue weighted by atomic mass is 16.2. The first-order valence-electron chi connectivity index (χ1n) is 15.2. The summed E-state index contributed by atoms with van der Waals surface area (Å²) in [5, 5.41) is 3.24. The molecule has 216 valence electrons.